The van der Waals surface area contributed by atoms with Gasteiger partial charge in [-0.2, -0.15) is 0 Å². The summed E-state index contributed by atoms with van der Waals surface area (Å²) >= 11 is 0. The van der Waals surface area contributed by atoms with Crippen molar-refractivity contribution >= 4 is 11.9 Å². The number of carboxylic acids is 1. The fourth-order valence-corrected chi connectivity index (χ4v) is 2.16. The summed E-state index contributed by atoms with van der Waals surface area (Å²) in [7, 11) is 3.32. The predicted octanol–water partition coefficient (Wildman–Crippen LogP) is 3.76. The summed E-state index contributed by atoms with van der Waals surface area (Å²) in [5.41, 5.74) is 0.665. The monoisotopic (exact) mass is 325 g/mol. The van der Waals surface area contributed by atoms with Gasteiger partial charge in [0.2, 0.25) is 0 Å². The standard InChI is InChI=1S/C18H31NO4/c1-5-7-8-9-10-11-12-15(18(22)23-6-2)13-14-16(17(20)21)19(3)4/h13-14H,5-12H2,1-4H3,(H,20,21)/b15-13-,16-14-. The molecule has 0 radical (unpaired) electrons. The van der Waals surface area contributed by atoms with Crippen LogP contribution in [0.4, 0.5) is 0 Å². The van der Waals surface area contributed by atoms with E-state index in [4.69, 9.17) is 9.84 Å². The third kappa shape index (κ3) is 9.76. The Kier molecular flexibility index (Phi) is 11.7. The number of ether oxygens (including phenoxy) is 1. The lowest BCUT2D eigenvalue weighted by atomic mass is 10.0. The molecular formula is C18H31NO4. The van der Waals surface area contributed by atoms with Crippen LogP contribution in [-0.4, -0.2) is 42.6 Å². The molecule has 0 aromatic heterocycles. The van der Waals surface area contributed by atoms with Crippen molar-refractivity contribution in [1.29, 1.82) is 0 Å². The molecule has 0 aromatic rings. The van der Waals surface area contributed by atoms with Crippen molar-refractivity contribution in [2.24, 2.45) is 0 Å². The molecule has 1 N–H and O–H groups in total. The van der Waals surface area contributed by atoms with Crippen LogP contribution in [0, 0.1) is 0 Å². The summed E-state index contributed by atoms with van der Waals surface area (Å²) in [4.78, 5) is 24.6. The third-order valence-electron chi connectivity index (χ3n) is 3.48. The van der Waals surface area contributed by atoms with Gasteiger partial charge < -0.3 is 14.7 Å². The average Bonchev–Trinajstić information content (AvgIpc) is 2.48. The Morgan fingerprint density at radius 2 is 1.61 bits per heavy atom. The van der Waals surface area contributed by atoms with Crippen molar-refractivity contribution in [3.05, 3.63) is 23.4 Å². The van der Waals surface area contributed by atoms with Gasteiger partial charge in [-0.05, 0) is 31.9 Å². The Balaban J connectivity index is 4.80. The summed E-state index contributed by atoms with van der Waals surface area (Å²) < 4.78 is 5.06. The molecule has 132 valence electrons. The van der Waals surface area contributed by atoms with Crippen molar-refractivity contribution in [1.82, 2.24) is 4.90 Å². The zero-order valence-electron chi connectivity index (χ0n) is 14.9. The summed E-state index contributed by atoms with van der Waals surface area (Å²) in [5, 5.41) is 9.14. The summed E-state index contributed by atoms with van der Waals surface area (Å²) in [5.74, 6) is -1.38. The van der Waals surface area contributed by atoms with Crippen LogP contribution < -0.4 is 0 Å². The molecule has 0 rings (SSSR count). The maximum Gasteiger partial charge on any atom is 0.352 e. The van der Waals surface area contributed by atoms with E-state index in [-0.39, 0.29) is 11.7 Å². The van der Waals surface area contributed by atoms with Gasteiger partial charge in [0.1, 0.15) is 5.70 Å². The largest absolute Gasteiger partial charge is 0.477 e. The van der Waals surface area contributed by atoms with E-state index in [2.05, 4.69) is 6.92 Å². The summed E-state index contributed by atoms with van der Waals surface area (Å²) in [6, 6.07) is 0. The van der Waals surface area contributed by atoms with Crippen LogP contribution in [0.5, 0.6) is 0 Å². The van der Waals surface area contributed by atoms with Crippen LogP contribution in [0.2, 0.25) is 0 Å². The first-order valence-corrected chi connectivity index (χ1v) is 8.42. The number of hydrogen-bond acceptors (Lipinski definition) is 4. The van der Waals surface area contributed by atoms with E-state index < -0.39 is 5.97 Å². The number of carbonyl (C=O) groups excluding carboxylic acids is 1. The van der Waals surface area contributed by atoms with Crippen LogP contribution in [-0.2, 0) is 14.3 Å². The first-order valence-electron chi connectivity index (χ1n) is 8.42. The molecule has 0 saturated carbocycles. The fraction of sp³-hybridized carbons (Fsp3) is 0.667. The number of unbranched alkanes of at least 4 members (excludes halogenated alkanes) is 5. The second-order valence-electron chi connectivity index (χ2n) is 5.68. The minimum atomic E-state index is -1.02. The molecule has 0 unspecified atom stereocenters. The second kappa shape index (κ2) is 12.7. The molecule has 0 aliphatic rings. The molecule has 0 aliphatic heterocycles. The van der Waals surface area contributed by atoms with Crippen LogP contribution in [0.1, 0.15) is 58.8 Å². The Bertz CT molecular complexity index is 425. The van der Waals surface area contributed by atoms with E-state index in [1.807, 2.05) is 0 Å². The van der Waals surface area contributed by atoms with Crippen LogP contribution in [0.15, 0.2) is 23.4 Å². The maximum absolute atomic E-state index is 12.0. The third-order valence-corrected chi connectivity index (χ3v) is 3.48. The molecule has 0 spiro atoms. The minimum absolute atomic E-state index is 0.134. The highest BCUT2D eigenvalue weighted by molar-refractivity contribution is 5.90. The number of nitrogens with zero attached hydrogens (tertiary/aromatic N) is 1. The predicted molar refractivity (Wildman–Crippen MR) is 92.1 cm³/mol. The maximum atomic E-state index is 12.0. The molecule has 0 fully saturated rings. The zero-order chi connectivity index (χ0) is 17.7. The fourth-order valence-electron chi connectivity index (χ4n) is 2.16. The van der Waals surface area contributed by atoms with Gasteiger partial charge in [-0.15, -0.1) is 0 Å². The van der Waals surface area contributed by atoms with E-state index in [9.17, 15) is 9.59 Å². The Labute approximate surface area is 140 Å². The second-order valence-corrected chi connectivity index (χ2v) is 5.68. The molecule has 0 amide bonds. The molecule has 0 heterocycles. The number of rotatable bonds is 12. The first-order chi connectivity index (χ1) is 10.9. The molecule has 0 saturated heterocycles. The van der Waals surface area contributed by atoms with E-state index in [1.54, 1.807) is 27.1 Å². The van der Waals surface area contributed by atoms with Crippen molar-refractivity contribution in [2.75, 3.05) is 20.7 Å². The van der Waals surface area contributed by atoms with E-state index in [0.29, 0.717) is 18.6 Å². The van der Waals surface area contributed by atoms with E-state index in [1.165, 1.54) is 30.2 Å². The van der Waals surface area contributed by atoms with Crippen molar-refractivity contribution in [2.45, 2.75) is 58.8 Å². The number of esters is 1. The smallest absolute Gasteiger partial charge is 0.352 e. The van der Waals surface area contributed by atoms with Gasteiger partial charge >= 0.3 is 11.9 Å². The van der Waals surface area contributed by atoms with Crippen molar-refractivity contribution < 1.29 is 19.4 Å². The van der Waals surface area contributed by atoms with E-state index in [0.717, 1.165) is 19.3 Å². The molecule has 23 heavy (non-hydrogen) atoms. The SMILES string of the molecule is CCCCCCCC/C(=C/C=C(/C(=O)O)N(C)C)C(=O)OCC. The lowest BCUT2D eigenvalue weighted by Gasteiger charge is -2.12. The normalized spacial score (nSPS) is 12.2. The molecule has 0 aliphatic carbocycles. The Morgan fingerprint density at radius 3 is 2.13 bits per heavy atom. The van der Waals surface area contributed by atoms with Gasteiger partial charge in [0, 0.05) is 19.7 Å². The lowest BCUT2D eigenvalue weighted by molar-refractivity contribution is -0.138. The number of hydrogen-bond donors (Lipinski definition) is 1. The Morgan fingerprint density at radius 1 is 1.00 bits per heavy atom. The Hall–Kier alpha value is -1.78. The van der Waals surface area contributed by atoms with Crippen LogP contribution in [0.25, 0.3) is 0 Å². The highest BCUT2D eigenvalue weighted by Crippen LogP contribution is 2.14. The zero-order valence-corrected chi connectivity index (χ0v) is 14.9. The quantitative estimate of drug-likeness (QED) is 0.256. The average molecular weight is 325 g/mol. The minimum Gasteiger partial charge on any atom is -0.477 e. The number of carbonyl (C=O) groups is 2. The number of likely N-dealkylation sites (N-methyl/N-ethyl adjacent to an activating group) is 1. The molecule has 5 nitrogen and oxygen atoms in total. The number of allylic oxidation sites excluding steroid dienone is 2. The van der Waals surface area contributed by atoms with Crippen LogP contribution >= 0.6 is 0 Å². The van der Waals surface area contributed by atoms with Gasteiger partial charge in [-0.3, -0.25) is 0 Å². The number of aliphatic carboxylic acids is 1. The molecule has 0 aromatic carbocycles. The van der Waals surface area contributed by atoms with Crippen molar-refractivity contribution in [3.8, 4) is 0 Å². The van der Waals surface area contributed by atoms with Gasteiger partial charge in [0.25, 0.3) is 0 Å². The van der Waals surface area contributed by atoms with Gasteiger partial charge in [-0.25, -0.2) is 9.59 Å². The molecular weight excluding hydrogens is 294 g/mol. The van der Waals surface area contributed by atoms with Gasteiger partial charge in [-0.1, -0.05) is 39.0 Å². The number of carboxylic acid groups (broad SMARTS) is 1. The van der Waals surface area contributed by atoms with Crippen LogP contribution in [0.3, 0.4) is 0 Å². The topological polar surface area (TPSA) is 66.8 Å². The highest BCUT2D eigenvalue weighted by atomic mass is 16.5. The lowest BCUT2D eigenvalue weighted by Crippen LogP contribution is -2.18. The highest BCUT2D eigenvalue weighted by Gasteiger charge is 2.12. The van der Waals surface area contributed by atoms with E-state index >= 15 is 0 Å². The summed E-state index contributed by atoms with van der Waals surface area (Å²) in [6.07, 6.45) is 10.5. The summed E-state index contributed by atoms with van der Waals surface area (Å²) in [6.45, 7) is 4.26. The molecule has 0 bridgehead atoms. The van der Waals surface area contributed by atoms with Gasteiger partial charge in [0.15, 0.2) is 0 Å². The van der Waals surface area contributed by atoms with Gasteiger partial charge in [0.05, 0.1) is 6.61 Å². The molecule has 5 heteroatoms. The molecule has 0 atom stereocenters. The first kappa shape index (κ1) is 21.2. The van der Waals surface area contributed by atoms with Crippen molar-refractivity contribution in [3.63, 3.8) is 0 Å².